The van der Waals surface area contributed by atoms with Crippen molar-refractivity contribution in [3.8, 4) is 0 Å². The fraction of sp³-hybridized carbons (Fsp3) is 0.625. The van der Waals surface area contributed by atoms with Crippen molar-refractivity contribution in [3.05, 3.63) is 71.8 Å². The summed E-state index contributed by atoms with van der Waals surface area (Å²) in [7, 11) is -1.22. The predicted octanol–water partition coefficient (Wildman–Crippen LogP) is 9.69. The lowest BCUT2D eigenvalue weighted by Gasteiger charge is -2.56. The smallest absolute Gasteiger partial charge is 0.259 e. The summed E-state index contributed by atoms with van der Waals surface area (Å²) in [5, 5.41) is 0. The third-order valence-electron chi connectivity index (χ3n) is 8.26. The van der Waals surface area contributed by atoms with Crippen molar-refractivity contribution in [1.82, 2.24) is 4.67 Å². The second-order valence-corrected chi connectivity index (χ2v) is 13.7. The van der Waals surface area contributed by atoms with E-state index >= 15 is 0 Å². The molecule has 4 heteroatoms. The Balaban J connectivity index is 1.82. The molecule has 4 rings (SSSR count). The molecule has 198 valence electrons. The summed E-state index contributed by atoms with van der Waals surface area (Å²) in [5.41, 5.74) is 2.95. The van der Waals surface area contributed by atoms with Crippen LogP contribution in [0.2, 0.25) is 0 Å². The molecule has 0 radical (unpaired) electrons. The summed E-state index contributed by atoms with van der Waals surface area (Å²) >= 11 is 0. The van der Waals surface area contributed by atoms with Gasteiger partial charge in [0.05, 0.1) is 19.3 Å². The predicted molar refractivity (Wildman–Crippen MR) is 153 cm³/mol. The minimum atomic E-state index is -1.22. The van der Waals surface area contributed by atoms with Gasteiger partial charge in [0.15, 0.2) is 0 Å². The summed E-state index contributed by atoms with van der Waals surface area (Å²) < 4.78 is 16.3. The zero-order chi connectivity index (χ0) is 25.4. The van der Waals surface area contributed by atoms with Crippen LogP contribution in [0.15, 0.2) is 60.7 Å². The van der Waals surface area contributed by atoms with Gasteiger partial charge in [0.1, 0.15) is 0 Å². The number of rotatable bonds is 5. The van der Waals surface area contributed by atoms with E-state index in [1.165, 1.54) is 62.5 Å². The minimum Gasteiger partial charge on any atom is -0.322 e. The summed E-state index contributed by atoms with van der Waals surface area (Å²) in [4.78, 5) is 0. The van der Waals surface area contributed by atoms with Crippen LogP contribution in [-0.4, -0.2) is 23.9 Å². The van der Waals surface area contributed by atoms with E-state index in [0.29, 0.717) is 6.04 Å². The molecule has 1 saturated heterocycles. The van der Waals surface area contributed by atoms with Crippen molar-refractivity contribution in [2.45, 2.75) is 104 Å². The Morgan fingerprint density at radius 3 is 1.50 bits per heavy atom. The molecule has 2 fully saturated rings. The third-order valence-corrected chi connectivity index (χ3v) is 9.91. The average molecular weight is 510 g/mol. The maximum atomic E-state index is 6.81. The van der Waals surface area contributed by atoms with Crippen molar-refractivity contribution in [2.24, 2.45) is 10.8 Å². The van der Waals surface area contributed by atoms with E-state index in [0.717, 1.165) is 26.1 Å². The van der Waals surface area contributed by atoms with Crippen LogP contribution in [0.1, 0.15) is 109 Å². The average Bonchev–Trinajstić information content (AvgIpc) is 2.84. The number of hydrogen-bond donors (Lipinski definition) is 0. The fourth-order valence-electron chi connectivity index (χ4n) is 6.70. The highest BCUT2D eigenvalue weighted by Gasteiger charge is 2.52. The SMILES string of the molecule is CC1(C)CCCC(C)(C)C1N(C(c1ccccc1)c1ccccc1)P1OCCCCCCCCCO1. The highest BCUT2D eigenvalue weighted by molar-refractivity contribution is 7.44. The normalized spacial score (nSPS) is 22.7. The third kappa shape index (κ3) is 6.98. The molecule has 36 heavy (non-hydrogen) atoms. The zero-order valence-electron chi connectivity index (χ0n) is 23.1. The highest BCUT2D eigenvalue weighted by atomic mass is 31.2. The molecule has 0 amide bonds. The van der Waals surface area contributed by atoms with Crippen LogP contribution >= 0.6 is 8.53 Å². The minimum absolute atomic E-state index is 0.0908. The molecule has 3 nitrogen and oxygen atoms in total. The molecule has 0 atom stereocenters. The standard InChI is InChI=1S/C32H48NO2P/c1-31(2)23-18-24-32(3,4)30(31)33(36-34-25-16-8-6-5-7-9-17-26-35-36)29(27-19-12-10-13-20-27)28-21-14-11-15-22-28/h10-15,19-22,29-30H,5-9,16-18,23-26H2,1-4H3. The first-order valence-electron chi connectivity index (χ1n) is 14.3. The van der Waals surface area contributed by atoms with E-state index < -0.39 is 8.53 Å². The zero-order valence-corrected chi connectivity index (χ0v) is 24.0. The van der Waals surface area contributed by atoms with Gasteiger partial charge >= 0.3 is 0 Å². The highest BCUT2D eigenvalue weighted by Crippen LogP contribution is 2.60. The van der Waals surface area contributed by atoms with Gasteiger partial charge in [0.25, 0.3) is 8.53 Å². The van der Waals surface area contributed by atoms with Gasteiger partial charge in [-0.3, -0.25) is 0 Å². The molecule has 0 bridgehead atoms. The number of nitrogens with zero attached hydrogens (tertiary/aromatic N) is 1. The Bertz CT molecular complexity index is 833. The first-order valence-corrected chi connectivity index (χ1v) is 15.5. The first kappa shape index (κ1) is 27.8. The monoisotopic (exact) mass is 509 g/mol. The van der Waals surface area contributed by atoms with E-state index in [-0.39, 0.29) is 16.9 Å². The van der Waals surface area contributed by atoms with Gasteiger partial charge in [-0.2, -0.15) is 0 Å². The van der Waals surface area contributed by atoms with E-state index in [1.807, 2.05) is 0 Å². The molecule has 2 aromatic rings. The second kappa shape index (κ2) is 13.0. The Kier molecular flexibility index (Phi) is 10.0. The molecule has 1 aliphatic heterocycles. The van der Waals surface area contributed by atoms with E-state index in [9.17, 15) is 0 Å². The molecule has 0 aromatic heterocycles. The van der Waals surface area contributed by atoms with Crippen LogP contribution in [0.5, 0.6) is 0 Å². The summed E-state index contributed by atoms with van der Waals surface area (Å²) in [5.74, 6) is 0. The molecule has 1 heterocycles. The molecule has 1 saturated carbocycles. The number of hydrogen-bond acceptors (Lipinski definition) is 3. The van der Waals surface area contributed by atoms with Crippen molar-refractivity contribution in [1.29, 1.82) is 0 Å². The van der Waals surface area contributed by atoms with Crippen molar-refractivity contribution in [2.75, 3.05) is 13.2 Å². The van der Waals surface area contributed by atoms with E-state index in [2.05, 4.69) is 93.0 Å². The molecule has 2 aromatic carbocycles. The van der Waals surface area contributed by atoms with Crippen LogP contribution in [0, 0.1) is 10.8 Å². The largest absolute Gasteiger partial charge is 0.322 e. The second-order valence-electron chi connectivity index (χ2n) is 12.2. The Morgan fingerprint density at radius 2 is 1.06 bits per heavy atom. The number of benzene rings is 2. The van der Waals surface area contributed by atoms with Crippen molar-refractivity contribution < 1.29 is 9.05 Å². The molecule has 0 N–H and O–H groups in total. The Hall–Kier alpha value is -1.25. The molecular formula is C32H48NO2P. The lowest BCUT2D eigenvalue weighted by Crippen LogP contribution is -2.55. The maximum absolute atomic E-state index is 6.81. The summed E-state index contributed by atoms with van der Waals surface area (Å²) in [6, 6.07) is 22.5. The van der Waals surface area contributed by atoms with Gasteiger partial charge in [0, 0.05) is 6.04 Å². The van der Waals surface area contributed by atoms with E-state index in [4.69, 9.17) is 9.05 Å². The first-order chi connectivity index (χ1) is 17.4. The molecule has 0 unspecified atom stereocenters. The lowest BCUT2D eigenvalue weighted by molar-refractivity contribution is -0.0205. The van der Waals surface area contributed by atoms with E-state index in [1.54, 1.807) is 0 Å². The van der Waals surface area contributed by atoms with Crippen LogP contribution in [0.25, 0.3) is 0 Å². The van der Waals surface area contributed by atoms with Crippen LogP contribution in [0.3, 0.4) is 0 Å². The fourth-order valence-corrected chi connectivity index (χ4v) is 8.88. The van der Waals surface area contributed by atoms with Gasteiger partial charge in [-0.15, -0.1) is 0 Å². The molecule has 1 aliphatic carbocycles. The van der Waals surface area contributed by atoms with Gasteiger partial charge in [-0.25, -0.2) is 4.67 Å². The summed E-state index contributed by atoms with van der Waals surface area (Å²) in [6.45, 7) is 11.5. The van der Waals surface area contributed by atoms with Gasteiger partial charge in [-0.05, 0) is 47.6 Å². The van der Waals surface area contributed by atoms with Crippen molar-refractivity contribution >= 4 is 8.53 Å². The molecule has 2 aliphatic rings. The topological polar surface area (TPSA) is 21.7 Å². The van der Waals surface area contributed by atoms with Gasteiger partial charge in [0.2, 0.25) is 0 Å². The maximum Gasteiger partial charge on any atom is 0.259 e. The molecular weight excluding hydrogens is 461 g/mol. The van der Waals surface area contributed by atoms with Crippen LogP contribution in [-0.2, 0) is 9.05 Å². The van der Waals surface area contributed by atoms with Gasteiger partial charge < -0.3 is 9.05 Å². The summed E-state index contributed by atoms with van der Waals surface area (Å²) in [6.07, 6.45) is 12.5. The van der Waals surface area contributed by atoms with Crippen LogP contribution in [0.4, 0.5) is 0 Å². The molecule has 0 spiro atoms. The van der Waals surface area contributed by atoms with Gasteiger partial charge in [-0.1, -0.05) is 127 Å². The van der Waals surface area contributed by atoms with Crippen molar-refractivity contribution in [3.63, 3.8) is 0 Å². The quantitative estimate of drug-likeness (QED) is 0.374. The lowest BCUT2D eigenvalue weighted by atomic mass is 9.61. The van der Waals surface area contributed by atoms with Crippen LogP contribution < -0.4 is 0 Å². The Labute approximate surface area is 221 Å². The Morgan fingerprint density at radius 1 is 0.639 bits per heavy atom.